The Morgan fingerprint density at radius 1 is 0.950 bits per heavy atom. The van der Waals surface area contributed by atoms with E-state index >= 15 is 0 Å². The molecule has 20 heavy (non-hydrogen) atoms. The predicted molar refractivity (Wildman–Crippen MR) is 80.2 cm³/mol. The van der Waals surface area contributed by atoms with E-state index in [-0.39, 0.29) is 0 Å². The van der Waals surface area contributed by atoms with E-state index in [9.17, 15) is 0 Å². The van der Waals surface area contributed by atoms with Crippen LogP contribution in [-0.4, -0.2) is 48.2 Å². The van der Waals surface area contributed by atoms with Crippen molar-refractivity contribution in [1.29, 1.82) is 0 Å². The second-order valence-electron chi connectivity index (χ2n) is 4.68. The third-order valence-corrected chi connectivity index (χ3v) is 3.46. The summed E-state index contributed by atoms with van der Waals surface area (Å²) >= 11 is 0. The third-order valence-electron chi connectivity index (χ3n) is 3.46. The first kappa shape index (κ1) is 12.7. The Morgan fingerprint density at radius 3 is 2.25 bits per heavy atom. The highest BCUT2D eigenvalue weighted by molar-refractivity contribution is 5.44. The Labute approximate surface area is 118 Å². The van der Waals surface area contributed by atoms with Gasteiger partial charge < -0.3 is 15.1 Å². The Bertz CT molecular complexity index is 533. The Hall–Kier alpha value is -2.37. The van der Waals surface area contributed by atoms with Crippen molar-refractivity contribution < 1.29 is 0 Å². The second kappa shape index (κ2) is 5.73. The van der Waals surface area contributed by atoms with E-state index in [1.165, 1.54) is 0 Å². The zero-order valence-electron chi connectivity index (χ0n) is 11.5. The van der Waals surface area contributed by atoms with Gasteiger partial charge in [0.25, 0.3) is 0 Å². The molecular formula is C14H18N6. The quantitative estimate of drug-likeness (QED) is 0.905. The lowest BCUT2D eigenvalue weighted by Gasteiger charge is -2.35. The number of anilines is 3. The van der Waals surface area contributed by atoms with Crippen molar-refractivity contribution in [3.05, 3.63) is 36.8 Å². The molecule has 0 amide bonds. The van der Waals surface area contributed by atoms with Gasteiger partial charge in [-0.2, -0.15) is 0 Å². The van der Waals surface area contributed by atoms with Crippen LogP contribution in [0.3, 0.4) is 0 Å². The fourth-order valence-corrected chi connectivity index (χ4v) is 2.29. The molecule has 1 aliphatic heterocycles. The lowest BCUT2D eigenvalue weighted by atomic mass is 10.3. The highest BCUT2D eigenvalue weighted by Crippen LogP contribution is 2.16. The number of pyridine rings is 1. The van der Waals surface area contributed by atoms with E-state index in [1.807, 2.05) is 43.8 Å². The minimum atomic E-state index is 0.796. The number of piperazine rings is 1. The maximum absolute atomic E-state index is 4.39. The van der Waals surface area contributed by atoms with Gasteiger partial charge in [-0.1, -0.05) is 6.07 Å². The summed E-state index contributed by atoms with van der Waals surface area (Å²) in [6, 6.07) is 6.01. The first-order valence-electron chi connectivity index (χ1n) is 6.77. The predicted octanol–water partition coefficient (Wildman–Crippen LogP) is 1.24. The average Bonchev–Trinajstić information content (AvgIpc) is 2.56. The lowest BCUT2D eigenvalue weighted by molar-refractivity contribution is 0.635. The van der Waals surface area contributed by atoms with Gasteiger partial charge in [0.2, 0.25) is 5.95 Å². The molecule has 3 rings (SSSR count). The van der Waals surface area contributed by atoms with Crippen molar-refractivity contribution in [3.63, 3.8) is 0 Å². The van der Waals surface area contributed by atoms with Crippen LogP contribution in [0.15, 0.2) is 36.8 Å². The van der Waals surface area contributed by atoms with Crippen LogP contribution in [0.4, 0.5) is 17.5 Å². The lowest BCUT2D eigenvalue weighted by Crippen LogP contribution is -2.47. The van der Waals surface area contributed by atoms with Gasteiger partial charge in [-0.15, -0.1) is 0 Å². The van der Waals surface area contributed by atoms with E-state index in [0.717, 1.165) is 43.6 Å². The van der Waals surface area contributed by atoms with E-state index in [1.54, 1.807) is 0 Å². The fourth-order valence-electron chi connectivity index (χ4n) is 2.29. The van der Waals surface area contributed by atoms with Crippen molar-refractivity contribution in [2.75, 3.05) is 48.3 Å². The van der Waals surface area contributed by atoms with Gasteiger partial charge in [-0.25, -0.2) is 15.0 Å². The van der Waals surface area contributed by atoms with Crippen molar-refractivity contribution in [3.8, 4) is 0 Å². The number of aromatic nitrogens is 3. The minimum absolute atomic E-state index is 0.796. The smallest absolute Gasteiger partial charge is 0.225 e. The van der Waals surface area contributed by atoms with E-state index < -0.39 is 0 Å². The minimum Gasteiger partial charge on any atom is -0.386 e. The second-order valence-corrected chi connectivity index (χ2v) is 4.68. The molecule has 1 saturated heterocycles. The molecule has 1 aliphatic rings. The van der Waals surface area contributed by atoms with Crippen LogP contribution in [-0.2, 0) is 0 Å². The molecule has 2 aromatic rings. The molecule has 6 nitrogen and oxygen atoms in total. The molecule has 0 aromatic carbocycles. The molecular weight excluding hydrogens is 252 g/mol. The molecule has 1 N–H and O–H groups in total. The monoisotopic (exact) mass is 270 g/mol. The molecule has 6 heteroatoms. The molecule has 0 unspecified atom stereocenters. The molecule has 0 aliphatic carbocycles. The van der Waals surface area contributed by atoms with Crippen LogP contribution in [0.2, 0.25) is 0 Å². The summed E-state index contributed by atoms with van der Waals surface area (Å²) in [6.45, 7) is 3.70. The van der Waals surface area contributed by atoms with Gasteiger partial charge in [0.05, 0.1) is 18.1 Å². The van der Waals surface area contributed by atoms with Crippen molar-refractivity contribution in [1.82, 2.24) is 15.0 Å². The molecule has 104 valence electrons. The number of hydrogen-bond acceptors (Lipinski definition) is 6. The van der Waals surface area contributed by atoms with Gasteiger partial charge in [-0.3, -0.25) is 0 Å². The summed E-state index contributed by atoms with van der Waals surface area (Å²) in [5, 5.41) is 3.03. The molecule has 2 aromatic heterocycles. The van der Waals surface area contributed by atoms with Crippen molar-refractivity contribution in [2.24, 2.45) is 0 Å². The normalized spacial score (nSPS) is 15.2. The van der Waals surface area contributed by atoms with E-state index in [2.05, 4.69) is 30.1 Å². The Kier molecular flexibility index (Phi) is 3.62. The SMILES string of the molecule is CNc1cnc(N2CCN(c3ccccn3)CC2)nc1. The Morgan fingerprint density at radius 2 is 1.65 bits per heavy atom. The van der Waals surface area contributed by atoms with Gasteiger partial charge in [0, 0.05) is 39.4 Å². The van der Waals surface area contributed by atoms with Gasteiger partial charge >= 0.3 is 0 Å². The molecule has 0 saturated carbocycles. The summed E-state index contributed by atoms with van der Waals surface area (Å²) < 4.78 is 0. The molecule has 3 heterocycles. The van der Waals surface area contributed by atoms with E-state index in [4.69, 9.17) is 0 Å². The first-order chi connectivity index (χ1) is 9.86. The highest BCUT2D eigenvalue weighted by atomic mass is 15.3. The first-order valence-corrected chi connectivity index (χ1v) is 6.77. The van der Waals surface area contributed by atoms with Crippen molar-refractivity contribution >= 4 is 17.5 Å². The van der Waals surface area contributed by atoms with Crippen LogP contribution in [0.25, 0.3) is 0 Å². The zero-order chi connectivity index (χ0) is 13.8. The topological polar surface area (TPSA) is 57.2 Å². The van der Waals surface area contributed by atoms with Gasteiger partial charge in [-0.05, 0) is 12.1 Å². The maximum Gasteiger partial charge on any atom is 0.225 e. The van der Waals surface area contributed by atoms with E-state index in [0.29, 0.717) is 0 Å². The fraction of sp³-hybridized carbons (Fsp3) is 0.357. The van der Waals surface area contributed by atoms with Crippen LogP contribution in [0.1, 0.15) is 0 Å². The molecule has 0 spiro atoms. The number of nitrogens with zero attached hydrogens (tertiary/aromatic N) is 5. The maximum atomic E-state index is 4.39. The summed E-state index contributed by atoms with van der Waals surface area (Å²) in [5.41, 5.74) is 0.931. The van der Waals surface area contributed by atoms with Crippen LogP contribution in [0.5, 0.6) is 0 Å². The number of nitrogens with one attached hydrogen (secondary N) is 1. The highest BCUT2D eigenvalue weighted by Gasteiger charge is 2.19. The molecule has 0 bridgehead atoms. The molecule has 0 atom stereocenters. The summed E-state index contributed by atoms with van der Waals surface area (Å²) in [7, 11) is 1.87. The van der Waals surface area contributed by atoms with Gasteiger partial charge in [0.15, 0.2) is 0 Å². The van der Waals surface area contributed by atoms with Crippen LogP contribution in [0, 0.1) is 0 Å². The van der Waals surface area contributed by atoms with Crippen LogP contribution < -0.4 is 15.1 Å². The molecule has 0 radical (unpaired) electrons. The van der Waals surface area contributed by atoms with Gasteiger partial charge in [0.1, 0.15) is 5.82 Å². The summed E-state index contributed by atoms with van der Waals surface area (Å²) in [5.74, 6) is 1.84. The van der Waals surface area contributed by atoms with Crippen molar-refractivity contribution in [2.45, 2.75) is 0 Å². The summed E-state index contributed by atoms with van der Waals surface area (Å²) in [6.07, 6.45) is 5.46. The number of hydrogen-bond donors (Lipinski definition) is 1. The zero-order valence-corrected chi connectivity index (χ0v) is 11.5. The third kappa shape index (κ3) is 2.64. The number of rotatable bonds is 3. The Balaban J connectivity index is 1.63. The standard InChI is InChI=1S/C14H18N6/c1-15-12-10-17-14(18-11-12)20-8-6-19(7-9-20)13-4-2-3-5-16-13/h2-5,10-11,15H,6-9H2,1H3. The van der Waals surface area contributed by atoms with Crippen LogP contribution >= 0.6 is 0 Å². The average molecular weight is 270 g/mol. The molecule has 1 fully saturated rings. The largest absolute Gasteiger partial charge is 0.386 e. The summed E-state index contributed by atoms with van der Waals surface area (Å²) in [4.78, 5) is 17.7.